The number of aromatic carboxylic acids is 1. The van der Waals surface area contributed by atoms with Gasteiger partial charge in [0.2, 0.25) is 5.91 Å². The van der Waals surface area contributed by atoms with Crippen LogP contribution in [0.4, 0.5) is 0 Å². The number of benzene rings is 1. The molecule has 1 saturated carbocycles. The monoisotopic (exact) mass is 233 g/mol. The van der Waals surface area contributed by atoms with Crippen LogP contribution in [0.25, 0.3) is 0 Å². The summed E-state index contributed by atoms with van der Waals surface area (Å²) in [6.45, 7) is 0.396. The maximum atomic E-state index is 11.5. The van der Waals surface area contributed by atoms with Gasteiger partial charge in [0.15, 0.2) is 0 Å². The van der Waals surface area contributed by atoms with Crippen molar-refractivity contribution in [1.82, 2.24) is 5.32 Å². The number of carbonyl (C=O) groups is 2. The van der Waals surface area contributed by atoms with Gasteiger partial charge in [0.05, 0.1) is 5.56 Å². The van der Waals surface area contributed by atoms with Crippen molar-refractivity contribution in [2.24, 2.45) is 5.92 Å². The van der Waals surface area contributed by atoms with E-state index in [0.29, 0.717) is 18.9 Å². The zero-order valence-corrected chi connectivity index (χ0v) is 9.48. The molecule has 1 aromatic rings. The van der Waals surface area contributed by atoms with Gasteiger partial charge in [0.25, 0.3) is 0 Å². The Bertz CT molecular complexity index is 438. The van der Waals surface area contributed by atoms with E-state index in [9.17, 15) is 9.59 Å². The number of carbonyl (C=O) groups excluding carboxylic acids is 1. The zero-order valence-electron chi connectivity index (χ0n) is 9.48. The number of hydrogen-bond donors (Lipinski definition) is 2. The molecule has 0 bridgehead atoms. The molecule has 0 saturated heterocycles. The highest BCUT2D eigenvalue weighted by atomic mass is 16.4. The topological polar surface area (TPSA) is 66.4 Å². The van der Waals surface area contributed by atoms with Gasteiger partial charge in [-0.15, -0.1) is 0 Å². The molecule has 1 amide bonds. The molecule has 1 fully saturated rings. The quantitative estimate of drug-likeness (QED) is 0.815. The Morgan fingerprint density at radius 2 is 2.12 bits per heavy atom. The molecular weight excluding hydrogens is 218 g/mol. The molecule has 0 aromatic heterocycles. The summed E-state index contributed by atoms with van der Waals surface area (Å²) >= 11 is 0. The number of carboxylic acid groups (broad SMARTS) is 1. The Morgan fingerprint density at radius 1 is 1.35 bits per heavy atom. The third-order valence-corrected chi connectivity index (χ3v) is 2.83. The second-order valence-corrected chi connectivity index (χ2v) is 4.43. The van der Waals surface area contributed by atoms with Crippen molar-refractivity contribution in [3.05, 3.63) is 35.4 Å². The van der Waals surface area contributed by atoms with Gasteiger partial charge in [-0.05, 0) is 36.5 Å². The normalized spacial score (nSPS) is 14.4. The first kappa shape index (κ1) is 11.6. The summed E-state index contributed by atoms with van der Waals surface area (Å²) in [5.41, 5.74) is 1.06. The van der Waals surface area contributed by atoms with Gasteiger partial charge in [-0.25, -0.2) is 4.79 Å². The van der Waals surface area contributed by atoms with E-state index in [1.807, 2.05) is 6.07 Å². The summed E-state index contributed by atoms with van der Waals surface area (Å²) in [4.78, 5) is 22.2. The first-order valence-corrected chi connectivity index (χ1v) is 5.74. The van der Waals surface area contributed by atoms with Gasteiger partial charge in [-0.3, -0.25) is 4.79 Å². The van der Waals surface area contributed by atoms with E-state index in [-0.39, 0.29) is 11.5 Å². The lowest BCUT2D eigenvalue weighted by atomic mass is 10.1. The third-order valence-electron chi connectivity index (χ3n) is 2.83. The maximum absolute atomic E-state index is 11.5. The fraction of sp³-hybridized carbons (Fsp3) is 0.385. The van der Waals surface area contributed by atoms with E-state index in [1.54, 1.807) is 12.1 Å². The molecule has 0 radical (unpaired) electrons. The van der Waals surface area contributed by atoms with Crippen molar-refractivity contribution < 1.29 is 14.7 Å². The summed E-state index contributed by atoms with van der Waals surface area (Å²) < 4.78 is 0. The molecule has 2 rings (SSSR count). The van der Waals surface area contributed by atoms with Crippen molar-refractivity contribution >= 4 is 11.9 Å². The maximum Gasteiger partial charge on any atom is 0.335 e. The SMILES string of the molecule is O=C(CC1CC1)NCc1cccc(C(=O)O)c1. The van der Waals surface area contributed by atoms with Crippen LogP contribution < -0.4 is 5.32 Å². The van der Waals surface area contributed by atoms with Crippen molar-refractivity contribution in [2.45, 2.75) is 25.8 Å². The molecule has 0 spiro atoms. The fourth-order valence-electron chi connectivity index (χ4n) is 1.67. The van der Waals surface area contributed by atoms with Crippen molar-refractivity contribution in [2.75, 3.05) is 0 Å². The molecule has 4 nitrogen and oxygen atoms in total. The van der Waals surface area contributed by atoms with Gasteiger partial charge < -0.3 is 10.4 Å². The second-order valence-electron chi connectivity index (χ2n) is 4.43. The van der Waals surface area contributed by atoms with E-state index >= 15 is 0 Å². The molecule has 2 N–H and O–H groups in total. The molecule has 1 aromatic carbocycles. The van der Waals surface area contributed by atoms with Crippen LogP contribution in [0.2, 0.25) is 0 Å². The molecular formula is C13H15NO3. The van der Waals surface area contributed by atoms with Gasteiger partial charge >= 0.3 is 5.97 Å². The fourth-order valence-corrected chi connectivity index (χ4v) is 1.67. The Kier molecular flexibility index (Phi) is 3.42. The Morgan fingerprint density at radius 3 is 2.76 bits per heavy atom. The lowest BCUT2D eigenvalue weighted by Crippen LogP contribution is -2.23. The Hall–Kier alpha value is -1.84. The van der Waals surface area contributed by atoms with Gasteiger partial charge in [0, 0.05) is 13.0 Å². The second kappa shape index (κ2) is 4.99. The lowest BCUT2D eigenvalue weighted by Gasteiger charge is -2.05. The number of hydrogen-bond acceptors (Lipinski definition) is 2. The number of amides is 1. The van der Waals surface area contributed by atoms with Crippen LogP contribution in [0, 0.1) is 5.92 Å². The molecule has 90 valence electrons. The van der Waals surface area contributed by atoms with Crippen LogP contribution in [-0.2, 0) is 11.3 Å². The molecule has 0 heterocycles. The molecule has 0 aliphatic heterocycles. The summed E-state index contributed by atoms with van der Waals surface area (Å²) in [7, 11) is 0. The van der Waals surface area contributed by atoms with Crippen LogP contribution in [0.5, 0.6) is 0 Å². The van der Waals surface area contributed by atoms with E-state index in [4.69, 9.17) is 5.11 Å². The minimum Gasteiger partial charge on any atom is -0.478 e. The van der Waals surface area contributed by atoms with Crippen LogP contribution in [0.15, 0.2) is 24.3 Å². The zero-order chi connectivity index (χ0) is 12.3. The molecule has 4 heteroatoms. The minimum atomic E-state index is -0.948. The van der Waals surface area contributed by atoms with E-state index in [1.165, 1.54) is 6.07 Å². The summed E-state index contributed by atoms with van der Waals surface area (Å²) in [5.74, 6) is -0.329. The highest BCUT2D eigenvalue weighted by Crippen LogP contribution is 2.32. The van der Waals surface area contributed by atoms with Crippen molar-refractivity contribution in [3.63, 3.8) is 0 Å². The largest absolute Gasteiger partial charge is 0.478 e. The predicted molar refractivity (Wildman–Crippen MR) is 62.6 cm³/mol. The average molecular weight is 233 g/mol. The number of nitrogens with one attached hydrogen (secondary N) is 1. The van der Waals surface area contributed by atoms with Gasteiger partial charge in [-0.1, -0.05) is 12.1 Å². The number of carboxylic acids is 1. The standard InChI is InChI=1S/C13H15NO3/c15-12(7-9-4-5-9)14-8-10-2-1-3-11(6-10)13(16)17/h1-3,6,9H,4-5,7-8H2,(H,14,15)(H,16,17). The van der Waals surface area contributed by atoms with Crippen LogP contribution in [0.1, 0.15) is 35.2 Å². The van der Waals surface area contributed by atoms with E-state index in [0.717, 1.165) is 18.4 Å². The molecule has 17 heavy (non-hydrogen) atoms. The summed E-state index contributed by atoms with van der Waals surface area (Å²) in [6.07, 6.45) is 2.91. The molecule has 1 aliphatic rings. The van der Waals surface area contributed by atoms with Gasteiger partial charge in [0.1, 0.15) is 0 Å². The lowest BCUT2D eigenvalue weighted by molar-refractivity contribution is -0.121. The third kappa shape index (κ3) is 3.59. The Labute approximate surface area is 99.6 Å². The minimum absolute atomic E-state index is 0.0493. The highest BCUT2D eigenvalue weighted by Gasteiger charge is 2.24. The summed E-state index contributed by atoms with van der Waals surface area (Å²) in [5, 5.41) is 11.6. The van der Waals surface area contributed by atoms with Crippen LogP contribution in [-0.4, -0.2) is 17.0 Å². The van der Waals surface area contributed by atoms with E-state index in [2.05, 4.69) is 5.32 Å². The van der Waals surface area contributed by atoms with Crippen molar-refractivity contribution in [3.8, 4) is 0 Å². The molecule has 0 atom stereocenters. The van der Waals surface area contributed by atoms with Crippen LogP contribution >= 0.6 is 0 Å². The highest BCUT2D eigenvalue weighted by molar-refractivity contribution is 5.87. The first-order chi connectivity index (χ1) is 8.15. The van der Waals surface area contributed by atoms with Crippen molar-refractivity contribution in [1.29, 1.82) is 0 Å². The first-order valence-electron chi connectivity index (χ1n) is 5.74. The average Bonchev–Trinajstić information content (AvgIpc) is 3.11. The molecule has 1 aliphatic carbocycles. The molecule has 0 unspecified atom stereocenters. The van der Waals surface area contributed by atoms with E-state index < -0.39 is 5.97 Å². The van der Waals surface area contributed by atoms with Crippen LogP contribution in [0.3, 0.4) is 0 Å². The number of rotatable bonds is 5. The smallest absolute Gasteiger partial charge is 0.335 e. The Balaban J connectivity index is 1.87. The van der Waals surface area contributed by atoms with Gasteiger partial charge in [-0.2, -0.15) is 0 Å². The summed E-state index contributed by atoms with van der Waals surface area (Å²) in [6, 6.07) is 6.62. The predicted octanol–water partition coefficient (Wildman–Crippen LogP) is 1.80.